The maximum Gasteiger partial charge on any atom is 0.247 e. The Morgan fingerprint density at radius 3 is 2.31 bits per heavy atom. The van der Waals surface area contributed by atoms with Crippen LogP contribution in [0.1, 0.15) is 23.6 Å². The van der Waals surface area contributed by atoms with Crippen LogP contribution in [0.3, 0.4) is 0 Å². The topological polar surface area (TPSA) is 109 Å². The number of hydrogen-bond donors (Lipinski definition) is 1. The first-order chi connectivity index (χ1) is 12.1. The normalized spacial score (nSPS) is 17.8. The van der Waals surface area contributed by atoms with E-state index in [4.69, 9.17) is 0 Å². The van der Waals surface area contributed by atoms with E-state index in [1.165, 1.54) is 0 Å². The lowest BCUT2D eigenvalue weighted by Crippen LogP contribution is -2.25. The molecular formula is C16H18N4O4S2. The summed E-state index contributed by atoms with van der Waals surface area (Å²) in [5, 5.41) is 4.29. The Balaban J connectivity index is 1.91. The molecule has 3 rings (SSSR count). The molecule has 0 radical (unpaired) electrons. The van der Waals surface area contributed by atoms with Gasteiger partial charge in [0.15, 0.2) is 0 Å². The highest BCUT2D eigenvalue weighted by atomic mass is 32.2. The van der Waals surface area contributed by atoms with Crippen molar-refractivity contribution in [1.82, 2.24) is 9.40 Å². The average molecular weight is 394 g/mol. The number of sulfonamides is 2. The maximum absolute atomic E-state index is 12.1. The van der Waals surface area contributed by atoms with Crippen molar-refractivity contribution < 1.29 is 16.8 Å². The number of hydrazone groups is 1. The van der Waals surface area contributed by atoms with Gasteiger partial charge in [0, 0.05) is 24.5 Å². The van der Waals surface area contributed by atoms with Gasteiger partial charge in [-0.2, -0.15) is 9.52 Å². The summed E-state index contributed by atoms with van der Waals surface area (Å²) in [4.78, 5) is 4.05. The standard InChI is InChI=1S/C16H18N4O4S2/c1-25(21,22)19-14-7-5-12(6-8-14)15-10-16(13-4-3-9-17-11-13)20(18-15)26(2,23)24/h3-9,11,16,19H,10H2,1-2H3/t16-/m0/s1. The molecule has 2 aromatic rings. The minimum Gasteiger partial charge on any atom is -0.284 e. The lowest BCUT2D eigenvalue weighted by molar-refractivity contribution is 0.374. The Morgan fingerprint density at radius 2 is 1.77 bits per heavy atom. The van der Waals surface area contributed by atoms with Crippen LogP contribution < -0.4 is 4.72 Å². The molecule has 0 aliphatic carbocycles. The number of aromatic nitrogens is 1. The van der Waals surface area contributed by atoms with Crippen molar-refractivity contribution in [3.05, 3.63) is 59.9 Å². The summed E-state index contributed by atoms with van der Waals surface area (Å²) in [6.45, 7) is 0. The van der Waals surface area contributed by atoms with E-state index in [0.29, 0.717) is 17.8 Å². The summed E-state index contributed by atoms with van der Waals surface area (Å²) in [5.41, 5.74) is 2.52. The number of nitrogens with zero attached hydrogens (tertiary/aromatic N) is 3. The molecule has 138 valence electrons. The molecule has 0 fully saturated rings. The number of anilines is 1. The van der Waals surface area contributed by atoms with E-state index < -0.39 is 26.1 Å². The largest absolute Gasteiger partial charge is 0.284 e. The van der Waals surface area contributed by atoms with Gasteiger partial charge in [0.1, 0.15) is 0 Å². The molecular weight excluding hydrogens is 376 g/mol. The van der Waals surface area contributed by atoms with Gasteiger partial charge in [-0.05, 0) is 29.3 Å². The molecule has 8 nitrogen and oxygen atoms in total. The second-order valence-corrected chi connectivity index (χ2v) is 9.63. The fourth-order valence-electron chi connectivity index (χ4n) is 2.73. The highest BCUT2D eigenvalue weighted by Gasteiger charge is 2.34. The fraction of sp³-hybridized carbons (Fsp3) is 0.250. The van der Waals surface area contributed by atoms with Gasteiger partial charge in [-0.1, -0.05) is 18.2 Å². The van der Waals surface area contributed by atoms with E-state index in [2.05, 4.69) is 14.8 Å². The number of hydrogen-bond acceptors (Lipinski definition) is 6. The monoisotopic (exact) mass is 394 g/mol. The van der Waals surface area contributed by atoms with Gasteiger partial charge in [0.2, 0.25) is 20.0 Å². The molecule has 0 saturated carbocycles. The van der Waals surface area contributed by atoms with Gasteiger partial charge < -0.3 is 0 Å². The van der Waals surface area contributed by atoms with Crippen molar-refractivity contribution in [2.24, 2.45) is 5.10 Å². The summed E-state index contributed by atoms with van der Waals surface area (Å²) in [6, 6.07) is 9.74. The van der Waals surface area contributed by atoms with Gasteiger partial charge >= 0.3 is 0 Å². The van der Waals surface area contributed by atoms with Gasteiger partial charge in [0.05, 0.1) is 24.3 Å². The average Bonchev–Trinajstić information content (AvgIpc) is 3.00. The molecule has 1 aliphatic rings. The number of pyridine rings is 1. The third kappa shape index (κ3) is 4.20. The summed E-state index contributed by atoms with van der Waals surface area (Å²) in [6.07, 6.45) is 5.84. The second kappa shape index (κ2) is 6.69. The van der Waals surface area contributed by atoms with Crippen molar-refractivity contribution in [3.63, 3.8) is 0 Å². The van der Waals surface area contributed by atoms with Crippen LogP contribution in [0.15, 0.2) is 53.9 Å². The van der Waals surface area contributed by atoms with E-state index in [1.54, 1.807) is 42.7 Å². The SMILES string of the molecule is CS(=O)(=O)Nc1ccc(C2=NN(S(C)(=O)=O)[C@H](c3cccnc3)C2)cc1. The predicted molar refractivity (Wildman–Crippen MR) is 99.7 cm³/mol. The molecule has 0 saturated heterocycles. The Morgan fingerprint density at radius 1 is 1.08 bits per heavy atom. The van der Waals surface area contributed by atoms with Crippen molar-refractivity contribution in [2.75, 3.05) is 17.2 Å². The van der Waals surface area contributed by atoms with E-state index in [1.807, 2.05) is 6.07 Å². The van der Waals surface area contributed by atoms with Gasteiger partial charge in [-0.15, -0.1) is 0 Å². The number of benzene rings is 1. The highest BCUT2D eigenvalue weighted by Crippen LogP contribution is 2.34. The summed E-state index contributed by atoms with van der Waals surface area (Å²) >= 11 is 0. The molecule has 0 amide bonds. The van der Waals surface area contributed by atoms with Gasteiger partial charge in [-0.25, -0.2) is 16.8 Å². The minimum atomic E-state index is -3.55. The van der Waals surface area contributed by atoms with Gasteiger partial charge in [0.25, 0.3) is 0 Å². The van der Waals surface area contributed by atoms with Crippen molar-refractivity contribution >= 4 is 31.4 Å². The molecule has 0 unspecified atom stereocenters. The van der Waals surface area contributed by atoms with Crippen LogP contribution in [0, 0.1) is 0 Å². The van der Waals surface area contributed by atoms with E-state index >= 15 is 0 Å². The molecule has 1 atom stereocenters. The third-order valence-corrected chi connectivity index (χ3v) is 5.43. The molecule has 0 spiro atoms. The lowest BCUT2D eigenvalue weighted by Gasteiger charge is -2.20. The van der Waals surface area contributed by atoms with E-state index in [0.717, 1.165) is 28.1 Å². The molecule has 1 aromatic carbocycles. The van der Waals surface area contributed by atoms with Crippen molar-refractivity contribution in [3.8, 4) is 0 Å². The summed E-state index contributed by atoms with van der Waals surface area (Å²) < 4.78 is 50.3. The first kappa shape index (κ1) is 18.3. The van der Waals surface area contributed by atoms with Crippen molar-refractivity contribution in [1.29, 1.82) is 0 Å². The Kier molecular flexibility index (Phi) is 4.72. The minimum absolute atomic E-state index is 0.400. The van der Waals surface area contributed by atoms with Crippen molar-refractivity contribution in [2.45, 2.75) is 12.5 Å². The van der Waals surface area contributed by atoms with Crippen LogP contribution in [0.4, 0.5) is 5.69 Å². The number of nitrogens with one attached hydrogen (secondary N) is 1. The Hall–Kier alpha value is -2.46. The van der Waals surface area contributed by atoms with Crippen LogP contribution >= 0.6 is 0 Å². The van der Waals surface area contributed by atoms with Crippen LogP contribution in [0.5, 0.6) is 0 Å². The fourth-order valence-corrected chi connectivity index (χ4v) is 4.20. The summed E-state index contributed by atoms with van der Waals surface area (Å²) in [7, 11) is -6.90. The first-order valence-corrected chi connectivity index (χ1v) is 11.4. The number of rotatable bonds is 5. The molecule has 10 heteroatoms. The second-order valence-electron chi connectivity index (χ2n) is 6.04. The molecule has 2 heterocycles. The zero-order valence-electron chi connectivity index (χ0n) is 14.2. The Labute approximate surface area is 152 Å². The summed E-state index contributed by atoms with van der Waals surface area (Å²) in [5.74, 6) is 0. The maximum atomic E-state index is 12.1. The lowest BCUT2D eigenvalue weighted by atomic mass is 10.0. The van der Waals surface area contributed by atoms with Gasteiger partial charge in [-0.3, -0.25) is 9.71 Å². The molecule has 1 aromatic heterocycles. The van der Waals surface area contributed by atoms with Crippen LogP contribution in [-0.4, -0.2) is 44.5 Å². The third-order valence-electron chi connectivity index (χ3n) is 3.80. The van der Waals surface area contributed by atoms with Crippen LogP contribution in [0.25, 0.3) is 0 Å². The molecule has 1 N–H and O–H groups in total. The highest BCUT2D eigenvalue weighted by molar-refractivity contribution is 7.92. The van der Waals surface area contributed by atoms with Crippen LogP contribution in [-0.2, 0) is 20.0 Å². The zero-order valence-corrected chi connectivity index (χ0v) is 15.8. The predicted octanol–water partition coefficient (Wildman–Crippen LogP) is 1.56. The van der Waals surface area contributed by atoms with E-state index in [-0.39, 0.29) is 0 Å². The molecule has 1 aliphatic heterocycles. The first-order valence-electron chi connectivity index (χ1n) is 7.68. The molecule has 0 bridgehead atoms. The quantitative estimate of drug-likeness (QED) is 0.828. The smallest absolute Gasteiger partial charge is 0.247 e. The van der Waals surface area contributed by atoms with Crippen LogP contribution in [0.2, 0.25) is 0 Å². The van der Waals surface area contributed by atoms with E-state index in [9.17, 15) is 16.8 Å². The Bertz CT molecular complexity index is 1030. The molecule has 26 heavy (non-hydrogen) atoms. The zero-order chi connectivity index (χ0) is 18.9.